The van der Waals surface area contributed by atoms with Crippen molar-refractivity contribution in [3.05, 3.63) is 47.5 Å². The van der Waals surface area contributed by atoms with Crippen LogP contribution < -0.4 is 5.32 Å². The van der Waals surface area contributed by atoms with Crippen LogP contribution in [0.3, 0.4) is 0 Å². The number of rotatable bonds is 4. The van der Waals surface area contributed by atoms with Gasteiger partial charge in [-0.25, -0.2) is 8.78 Å². The third-order valence-electron chi connectivity index (χ3n) is 3.10. The van der Waals surface area contributed by atoms with Crippen molar-refractivity contribution in [3.8, 4) is 0 Å². The van der Waals surface area contributed by atoms with Crippen LogP contribution in [0.15, 0.2) is 30.4 Å². The van der Waals surface area contributed by atoms with Crippen molar-refractivity contribution in [3.63, 3.8) is 0 Å². The highest BCUT2D eigenvalue weighted by Gasteiger charge is 2.19. The smallest absolute Gasteiger partial charge is 0.224 e. The second-order valence-electron chi connectivity index (χ2n) is 4.66. The average molecular weight is 267 g/mol. The van der Waals surface area contributed by atoms with E-state index >= 15 is 0 Å². The molecule has 0 radical (unpaired) electrons. The summed E-state index contributed by atoms with van der Waals surface area (Å²) in [6.45, 7) is 0.0616. The summed E-state index contributed by atoms with van der Waals surface area (Å²) in [5, 5.41) is 11.7. The normalized spacial score (nSPS) is 21.6. The maximum Gasteiger partial charge on any atom is 0.224 e. The third-order valence-corrected chi connectivity index (χ3v) is 3.10. The number of hydrogen-bond acceptors (Lipinski definition) is 2. The lowest BCUT2D eigenvalue weighted by Crippen LogP contribution is -2.34. The van der Waals surface area contributed by atoms with Gasteiger partial charge in [-0.15, -0.1) is 0 Å². The zero-order chi connectivity index (χ0) is 13.8. The van der Waals surface area contributed by atoms with E-state index in [1.54, 1.807) is 0 Å². The Morgan fingerprint density at radius 3 is 2.74 bits per heavy atom. The molecule has 0 aliphatic heterocycles. The van der Waals surface area contributed by atoms with E-state index in [9.17, 15) is 13.6 Å². The maximum absolute atomic E-state index is 13.0. The van der Waals surface area contributed by atoms with E-state index in [-0.39, 0.29) is 30.9 Å². The van der Waals surface area contributed by atoms with Crippen LogP contribution in [0, 0.1) is 17.6 Å². The Labute approximate surface area is 109 Å². The van der Waals surface area contributed by atoms with Crippen LogP contribution in [0.25, 0.3) is 0 Å². The molecule has 102 valence electrons. The summed E-state index contributed by atoms with van der Waals surface area (Å²) in [5.74, 6) is -2.05. The molecule has 0 heterocycles. The Bertz CT molecular complexity index is 502. The first-order valence-electron chi connectivity index (χ1n) is 6.11. The summed E-state index contributed by atoms with van der Waals surface area (Å²) in [4.78, 5) is 11.7. The molecule has 0 bridgehead atoms. The molecule has 1 aromatic carbocycles. The van der Waals surface area contributed by atoms with Gasteiger partial charge >= 0.3 is 0 Å². The van der Waals surface area contributed by atoms with Gasteiger partial charge in [0.2, 0.25) is 5.91 Å². The van der Waals surface area contributed by atoms with Gasteiger partial charge in [-0.2, -0.15) is 0 Å². The molecule has 0 saturated carbocycles. The van der Waals surface area contributed by atoms with Gasteiger partial charge in [-0.1, -0.05) is 18.2 Å². The topological polar surface area (TPSA) is 49.3 Å². The first kappa shape index (κ1) is 13.7. The molecule has 3 nitrogen and oxygen atoms in total. The van der Waals surface area contributed by atoms with Gasteiger partial charge in [0.15, 0.2) is 11.6 Å². The van der Waals surface area contributed by atoms with Crippen molar-refractivity contribution in [2.24, 2.45) is 5.92 Å². The van der Waals surface area contributed by atoms with E-state index < -0.39 is 11.6 Å². The number of aliphatic hydroxyl groups is 1. The Balaban J connectivity index is 1.88. The van der Waals surface area contributed by atoms with E-state index in [0.717, 1.165) is 12.1 Å². The fraction of sp³-hybridized carbons (Fsp3) is 0.357. The Hall–Kier alpha value is -1.75. The second-order valence-corrected chi connectivity index (χ2v) is 4.66. The number of aliphatic hydroxyl groups excluding tert-OH is 1. The van der Waals surface area contributed by atoms with E-state index in [2.05, 4.69) is 5.32 Å². The van der Waals surface area contributed by atoms with E-state index in [1.807, 2.05) is 12.2 Å². The molecular formula is C14H15F2NO2. The van der Waals surface area contributed by atoms with E-state index in [4.69, 9.17) is 5.11 Å². The van der Waals surface area contributed by atoms with Gasteiger partial charge in [0.1, 0.15) is 0 Å². The minimum atomic E-state index is -0.952. The van der Waals surface area contributed by atoms with E-state index in [1.165, 1.54) is 6.07 Å². The van der Waals surface area contributed by atoms with Crippen LogP contribution in [0.1, 0.15) is 12.0 Å². The number of nitrogens with one attached hydrogen (secondary N) is 1. The molecule has 2 atom stereocenters. The molecule has 19 heavy (non-hydrogen) atoms. The minimum absolute atomic E-state index is 0.00529. The molecular weight excluding hydrogens is 252 g/mol. The predicted octanol–water partition coefficient (Wildman–Crippen LogP) is 1.56. The van der Waals surface area contributed by atoms with Crippen molar-refractivity contribution in [1.29, 1.82) is 0 Å². The Kier molecular flexibility index (Phi) is 4.27. The second kappa shape index (κ2) is 5.93. The highest BCUT2D eigenvalue weighted by atomic mass is 19.2. The molecule has 1 aromatic rings. The Morgan fingerprint density at radius 1 is 1.32 bits per heavy atom. The fourth-order valence-electron chi connectivity index (χ4n) is 2.11. The summed E-state index contributed by atoms with van der Waals surface area (Å²) in [6.07, 6.45) is 4.37. The van der Waals surface area contributed by atoms with Gasteiger partial charge in [0.05, 0.1) is 6.42 Å². The molecule has 0 fully saturated rings. The van der Waals surface area contributed by atoms with Gasteiger partial charge in [-0.3, -0.25) is 4.79 Å². The molecule has 0 spiro atoms. The molecule has 0 unspecified atom stereocenters. The first-order valence-corrected chi connectivity index (χ1v) is 6.11. The van der Waals surface area contributed by atoms with Crippen LogP contribution in [0.4, 0.5) is 8.78 Å². The lowest BCUT2D eigenvalue weighted by molar-refractivity contribution is -0.120. The van der Waals surface area contributed by atoms with E-state index in [0.29, 0.717) is 12.0 Å². The summed E-state index contributed by atoms with van der Waals surface area (Å²) in [6, 6.07) is 3.32. The van der Waals surface area contributed by atoms with Crippen molar-refractivity contribution in [1.82, 2.24) is 5.32 Å². The number of benzene rings is 1. The molecule has 0 saturated heterocycles. The highest BCUT2D eigenvalue weighted by molar-refractivity contribution is 5.79. The standard InChI is InChI=1S/C14H15F2NO2/c15-12-4-2-9(6-13(12)16)7-14(19)17-11-3-1-10(5-11)8-18/h1-4,6,10-11,18H,5,7-8H2,(H,17,19)/t10-,11+/m0/s1. The number of carbonyl (C=O) groups excluding carboxylic acids is 1. The molecule has 1 aliphatic carbocycles. The molecule has 1 amide bonds. The fourth-order valence-corrected chi connectivity index (χ4v) is 2.11. The first-order chi connectivity index (χ1) is 9.08. The van der Waals surface area contributed by atoms with Crippen LogP contribution in [-0.4, -0.2) is 23.7 Å². The minimum Gasteiger partial charge on any atom is -0.396 e. The molecule has 5 heteroatoms. The summed E-state index contributed by atoms with van der Waals surface area (Å²) < 4.78 is 25.7. The van der Waals surface area contributed by atoms with Crippen molar-refractivity contribution < 1.29 is 18.7 Å². The summed E-state index contributed by atoms with van der Waals surface area (Å²) in [5.41, 5.74) is 0.428. The number of carbonyl (C=O) groups is 1. The Morgan fingerprint density at radius 2 is 2.11 bits per heavy atom. The van der Waals surface area contributed by atoms with Gasteiger partial charge in [0, 0.05) is 18.6 Å². The SMILES string of the molecule is O=C(Cc1ccc(F)c(F)c1)N[C@@H]1C=C[C@H](CO)C1. The van der Waals surface area contributed by atoms with Gasteiger partial charge in [-0.05, 0) is 24.1 Å². The van der Waals surface area contributed by atoms with Crippen LogP contribution in [0.2, 0.25) is 0 Å². The highest BCUT2D eigenvalue weighted by Crippen LogP contribution is 2.17. The van der Waals surface area contributed by atoms with Crippen LogP contribution in [0.5, 0.6) is 0 Å². The van der Waals surface area contributed by atoms with Gasteiger partial charge in [0.25, 0.3) is 0 Å². The monoisotopic (exact) mass is 267 g/mol. The largest absolute Gasteiger partial charge is 0.396 e. The van der Waals surface area contributed by atoms with Crippen LogP contribution >= 0.6 is 0 Å². The average Bonchev–Trinajstić information content (AvgIpc) is 2.81. The molecule has 2 N–H and O–H groups in total. The van der Waals surface area contributed by atoms with Gasteiger partial charge < -0.3 is 10.4 Å². The molecule has 1 aliphatic rings. The van der Waals surface area contributed by atoms with Crippen molar-refractivity contribution in [2.75, 3.05) is 6.61 Å². The van der Waals surface area contributed by atoms with Crippen LogP contribution in [-0.2, 0) is 11.2 Å². The molecule has 0 aromatic heterocycles. The quantitative estimate of drug-likeness (QED) is 0.813. The lowest BCUT2D eigenvalue weighted by atomic mass is 10.1. The lowest BCUT2D eigenvalue weighted by Gasteiger charge is -2.12. The summed E-state index contributed by atoms with van der Waals surface area (Å²) in [7, 11) is 0. The summed E-state index contributed by atoms with van der Waals surface area (Å²) >= 11 is 0. The predicted molar refractivity (Wildman–Crippen MR) is 66.3 cm³/mol. The number of hydrogen-bond donors (Lipinski definition) is 2. The third kappa shape index (κ3) is 3.61. The number of amides is 1. The zero-order valence-electron chi connectivity index (χ0n) is 10.3. The zero-order valence-corrected chi connectivity index (χ0v) is 10.3. The molecule has 2 rings (SSSR count). The van der Waals surface area contributed by atoms with Crippen molar-refractivity contribution in [2.45, 2.75) is 18.9 Å². The van der Waals surface area contributed by atoms with Crippen molar-refractivity contribution >= 4 is 5.91 Å². The maximum atomic E-state index is 13.0. The number of halogens is 2.